The number of benzene rings is 6. The third kappa shape index (κ3) is 8.98. The molecular formula is C42H31Cl3O4S4. The van der Waals surface area contributed by atoms with Crippen LogP contribution in [0.15, 0.2) is 136 Å². The Hall–Kier alpha value is -3.73. The molecule has 11 heteroatoms. The van der Waals surface area contributed by atoms with Crippen LogP contribution in [0.25, 0.3) is 40.3 Å². The van der Waals surface area contributed by atoms with E-state index in [9.17, 15) is 9.59 Å². The maximum absolute atomic E-state index is 12.7. The van der Waals surface area contributed by atoms with Gasteiger partial charge in [-0.1, -0.05) is 83.3 Å². The summed E-state index contributed by atoms with van der Waals surface area (Å²) >= 11 is 27.6. The number of hydrogen-bond acceptors (Lipinski definition) is 8. The molecule has 6 aromatic carbocycles. The smallest absolute Gasteiger partial charge is 0.195 e. The number of halogens is 3. The number of thiol groups is 1. The Morgan fingerprint density at radius 1 is 0.566 bits per heavy atom. The van der Waals surface area contributed by atoms with E-state index in [0.717, 1.165) is 57.5 Å². The van der Waals surface area contributed by atoms with E-state index < -0.39 is 0 Å². The van der Waals surface area contributed by atoms with Gasteiger partial charge in [0.2, 0.25) is 0 Å². The van der Waals surface area contributed by atoms with Crippen LogP contribution in [0.5, 0.6) is 11.5 Å². The Balaban J connectivity index is 0.000000152. The van der Waals surface area contributed by atoms with Crippen LogP contribution in [-0.4, -0.2) is 14.2 Å². The number of fused-ring (bicyclic) bond motifs is 4. The van der Waals surface area contributed by atoms with Gasteiger partial charge < -0.3 is 9.47 Å². The number of thioether (sulfide) groups is 1. The summed E-state index contributed by atoms with van der Waals surface area (Å²) in [7, 11) is 3.32. The SMILES string of the molecule is COc1ccc(CS)cc1.COc1ccc(CSc2ccc3c(=O)c4ccccc4sc3c2Cl)cc1.O=c1c2ccccc2sc2c(Cl)c(Cl)ccc12. The van der Waals surface area contributed by atoms with Crippen LogP contribution in [0.2, 0.25) is 15.1 Å². The second kappa shape index (κ2) is 18.1. The molecule has 4 nitrogen and oxygen atoms in total. The number of rotatable bonds is 6. The Morgan fingerprint density at radius 3 is 1.55 bits per heavy atom. The molecule has 2 aromatic heterocycles. The van der Waals surface area contributed by atoms with E-state index in [1.807, 2.05) is 109 Å². The van der Waals surface area contributed by atoms with Gasteiger partial charge >= 0.3 is 0 Å². The van der Waals surface area contributed by atoms with Crippen LogP contribution in [0.3, 0.4) is 0 Å². The first-order valence-electron chi connectivity index (χ1n) is 16.2. The zero-order chi connectivity index (χ0) is 37.5. The van der Waals surface area contributed by atoms with E-state index in [4.69, 9.17) is 44.3 Å². The Labute approximate surface area is 339 Å². The fraction of sp³-hybridized carbons (Fsp3) is 0.0952. The highest BCUT2D eigenvalue weighted by Gasteiger charge is 2.13. The van der Waals surface area contributed by atoms with Crippen molar-refractivity contribution in [3.8, 4) is 11.5 Å². The van der Waals surface area contributed by atoms with Gasteiger partial charge in [0.1, 0.15) is 11.5 Å². The molecule has 0 aliphatic carbocycles. The lowest BCUT2D eigenvalue weighted by molar-refractivity contribution is 0.414. The van der Waals surface area contributed by atoms with Crippen LogP contribution in [-0.2, 0) is 11.5 Å². The first-order chi connectivity index (χ1) is 25.7. The van der Waals surface area contributed by atoms with Gasteiger partial charge in [0, 0.05) is 47.3 Å². The van der Waals surface area contributed by atoms with Crippen LogP contribution in [0.4, 0.5) is 0 Å². The van der Waals surface area contributed by atoms with E-state index in [1.165, 1.54) is 22.5 Å². The standard InChI is InChI=1S/C21H15ClO2S2.C13H6Cl2OS.C8H10OS/c1-24-14-8-6-13(7-9-14)12-25-18-11-10-16-20(23)15-4-2-3-5-17(15)26-21(16)19(18)22;14-9-6-5-8-12(16)7-3-1-2-4-10(7)17-13(8)11(9)15;1-9-8-4-2-7(6-10)3-5-8/h2-11H,12H2,1H3;1-6H;2-5,10H,6H2,1H3. The van der Waals surface area contributed by atoms with Crippen molar-refractivity contribution < 1.29 is 9.47 Å². The molecular weight excluding hydrogens is 803 g/mol. The highest BCUT2D eigenvalue weighted by molar-refractivity contribution is 7.98. The second-order valence-electron chi connectivity index (χ2n) is 11.5. The summed E-state index contributed by atoms with van der Waals surface area (Å²) in [6.07, 6.45) is 0. The molecule has 268 valence electrons. The highest BCUT2D eigenvalue weighted by atomic mass is 35.5. The number of ether oxygens (including phenoxy) is 2. The van der Waals surface area contributed by atoms with Gasteiger partial charge in [-0.3, -0.25) is 9.59 Å². The minimum Gasteiger partial charge on any atom is -0.497 e. The lowest BCUT2D eigenvalue weighted by atomic mass is 10.2. The van der Waals surface area contributed by atoms with Gasteiger partial charge in [-0.25, -0.2) is 0 Å². The van der Waals surface area contributed by atoms with Crippen LogP contribution in [0, 0.1) is 0 Å². The molecule has 2 heterocycles. The summed E-state index contributed by atoms with van der Waals surface area (Å²) in [4.78, 5) is 26.0. The topological polar surface area (TPSA) is 52.6 Å². The largest absolute Gasteiger partial charge is 0.497 e. The van der Waals surface area contributed by atoms with Gasteiger partial charge in [-0.15, -0.1) is 34.4 Å². The molecule has 0 radical (unpaired) electrons. The summed E-state index contributed by atoms with van der Waals surface area (Å²) in [5, 5.41) is 4.38. The minimum absolute atomic E-state index is 0.00733. The van der Waals surface area contributed by atoms with Crippen molar-refractivity contribution in [1.29, 1.82) is 0 Å². The molecule has 0 fully saturated rings. The van der Waals surface area contributed by atoms with Crippen molar-refractivity contribution in [2.45, 2.75) is 16.4 Å². The first kappa shape index (κ1) is 39.0. The third-order valence-electron chi connectivity index (χ3n) is 8.18. The average Bonchev–Trinajstić information content (AvgIpc) is 3.20. The maximum Gasteiger partial charge on any atom is 0.195 e. The molecule has 0 unspecified atom stereocenters. The second-order valence-corrected chi connectivity index (χ2v) is 16.1. The van der Waals surface area contributed by atoms with E-state index in [0.29, 0.717) is 25.8 Å². The number of hydrogen-bond donors (Lipinski definition) is 1. The molecule has 0 spiro atoms. The maximum atomic E-state index is 12.7. The zero-order valence-corrected chi connectivity index (χ0v) is 34.0. The van der Waals surface area contributed by atoms with Gasteiger partial charge in [0.15, 0.2) is 10.9 Å². The van der Waals surface area contributed by atoms with E-state index in [2.05, 4.69) is 12.6 Å². The van der Waals surface area contributed by atoms with Crippen LogP contribution in [0.1, 0.15) is 11.1 Å². The van der Waals surface area contributed by atoms with Gasteiger partial charge in [-0.05, 0) is 83.9 Å². The van der Waals surface area contributed by atoms with Crippen LogP contribution >= 0.6 is 81.9 Å². The molecule has 0 bridgehead atoms. The van der Waals surface area contributed by atoms with Crippen molar-refractivity contribution in [2.75, 3.05) is 14.2 Å². The van der Waals surface area contributed by atoms with Crippen molar-refractivity contribution in [3.63, 3.8) is 0 Å². The average molecular weight is 834 g/mol. The Bertz CT molecular complexity index is 2640. The molecule has 0 aliphatic rings. The fourth-order valence-electron chi connectivity index (χ4n) is 5.35. The lowest BCUT2D eigenvalue weighted by Gasteiger charge is -2.08. The summed E-state index contributed by atoms with van der Waals surface area (Å²) in [5.74, 6) is 3.33. The molecule has 0 saturated heterocycles. The quantitative estimate of drug-likeness (QED) is 0.103. The molecule has 8 rings (SSSR count). The van der Waals surface area contributed by atoms with Crippen molar-refractivity contribution in [2.24, 2.45) is 0 Å². The van der Waals surface area contributed by atoms with Crippen molar-refractivity contribution in [3.05, 3.63) is 168 Å². The van der Waals surface area contributed by atoms with E-state index in [-0.39, 0.29) is 10.9 Å². The normalized spacial score (nSPS) is 10.8. The predicted molar refractivity (Wildman–Crippen MR) is 234 cm³/mol. The zero-order valence-electron chi connectivity index (χ0n) is 28.4. The lowest BCUT2D eigenvalue weighted by Crippen LogP contribution is -2.01. The molecule has 0 atom stereocenters. The van der Waals surface area contributed by atoms with Gasteiger partial charge in [0.25, 0.3) is 0 Å². The van der Waals surface area contributed by atoms with Crippen molar-refractivity contribution in [1.82, 2.24) is 0 Å². The fourth-order valence-corrected chi connectivity index (χ4v) is 9.69. The van der Waals surface area contributed by atoms with Gasteiger partial charge in [-0.2, -0.15) is 12.6 Å². The highest BCUT2D eigenvalue weighted by Crippen LogP contribution is 2.38. The summed E-state index contributed by atoms with van der Waals surface area (Å²) in [6, 6.07) is 38.3. The molecule has 0 amide bonds. The molecule has 8 aromatic rings. The molecule has 53 heavy (non-hydrogen) atoms. The molecule has 0 N–H and O–H groups in total. The Kier molecular flexibility index (Phi) is 13.3. The predicted octanol–water partition coefficient (Wildman–Crippen LogP) is 13.2. The first-order valence-corrected chi connectivity index (χ1v) is 20.5. The summed E-state index contributed by atoms with van der Waals surface area (Å²) in [6.45, 7) is 0. The monoisotopic (exact) mass is 832 g/mol. The van der Waals surface area contributed by atoms with Gasteiger partial charge in [0.05, 0.1) is 38.7 Å². The third-order valence-corrected chi connectivity index (χ3v) is 13.6. The molecule has 0 saturated carbocycles. The van der Waals surface area contributed by atoms with Crippen LogP contribution < -0.4 is 20.3 Å². The van der Waals surface area contributed by atoms with E-state index in [1.54, 1.807) is 49.5 Å². The minimum atomic E-state index is 0.00733. The van der Waals surface area contributed by atoms with Crippen molar-refractivity contribution >= 4 is 122 Å². The Morgan fingerprint density at radius 2 is 1.04 bits per heavy atom. The summed E-state index contributed by atoms with van der Waals surface area (Å²) < 4.78 is 13.7. The number of methoxy groups -OCH3 is 2. The van der Waals surface area contributed by atoms with E-state index >= 15 is 0 Å². The summed E-state index contributed by atoms with van der Waals surface area (Å²) in [5.41, 5.74) is 2.46. The molecule has 0 aliphatic heterocycles.